The van der Waals surface area contributed by atoms with Crippen LogP contribution in [0.5, 0.6) is 0 Å². The molecule has 2 aliphatic rings. The Hall–Kier alpha value is -3.82. The number of ether oxygens (including phenoxy) is 1. The zero-order chi connectivity index (χ0) is 27.0. The van der Waals surface area contributed by atoms with Crippen molar-refractivity contribution in [3.8, 4) is 11.1 Å². The van der Waals surface area contributed by atoms with E-state index in [2.05, 4.69) is 57.2 Å². The minimum Gasteiger partial charge on any atom is -0.397 e. The minimum atomic E-state index is 0.0499. The number of carbonyl (C=O) groups excluding carboxylic acids is 1. The van der Waals surface area contributed by atoms with E-state index in [4.69, 9.17) is 16.2 Å². The monoisotopic (exact) mass is 529 g/mol. The van der Waals surface area contributed by atoms with Crippen molar-refractivity contribution in [1.82, 2.24) is 14.8 Å². The molecular weight excluding hydrogens is 490 g/mol. The fraction of sp³-hybridized carbons (Fsp3) is 0.400. The summed E-state index contributed by atoms with van der Waals surface area (Å²) < 4.78 is 5.42. The van der Waals surface area contributed by atoms with Crippen LogP contribution in [-0.4, -0.2) is 86.4 Å². The van der Waals surface area contributed by atoms with Gasteiger partial charge in [-0.15, -0.1) is 0 Å². The first-order chi connectivity index (χ1) is 19.1. The highest BCUT2D eigenvalue weighted by molar-refractivity contribution is 5.77. The third-order valence-corrected chi connectivity index (χ3v) is 7.44. The van der Waals surface area contributed by atoms with Crippen LogP contribution in [0.4, 0.5) is 22.0 Å². The Bertz CT molecular complexity index is 1220. The van der Waals surface area contributed by atoms with Gasteiger partial charge in [-0.25, -0.2) is 9.78 Å². The van der Waals surface area contributed by atoms with E-state index in [1.807, 2.05) is 34.2 Å². The number of urea groups is 1. The Morgan fingerprint density at radius 2 is 1.67 bits per heavy atom. The Kier molecular flexibility index (Phi) is 8.80. The van der Waals surface area contributed by atoms with Gasteiger partial charge in [0.2, 0.25) is 0 Å². The van der Waals surface area contributed by atoms with Crippen molar-refractivity contribution in [1.29, 1.82) is 0 Å². The molecular formula is C30H39N7O2. The summed E-state index contributed by atoms with van der Waals surface area (Å²) >= 11 is 0. The van der Waals surface area contributed by atoms with Crippen LogP contribution in [-0.2, 0) is 11.3 Å². The molecule has 3 heterocycles. The summed E-state index contributed by atoms with van der Waals surface area (Å²) in [6, 6.07) is 20.8. The molecule has 1 aromatic heterocycles. The Morgan fingerprint density at radius 3 is 2.38 bits per heavy atom. The van der Waals surface area contributed by atoms with Gasteiger partial charge in [0.25, 0.3) is 0 Å². The van der Waals surface area contributed by atoms with E-state index < -0.39 is 0 Å². The molecule has 9 nitrogen and oxygen atoms in total. The third-order valence-electron chi connectivity index (χ3n) is 7.44. The first kappa shape index (κ1) is 26.8. The number of rotatable bonds is 8. The largest absolute Gasteiger partial charge is 0.397 e. The Balaban J connectivity index is 1.26. The number of nitrogens with zero attached hydrogens (tertiary/aromatic N) is 5. The number of hydrogen-bond donors (Lipinski definition) is 2. The van der Waals surface area contributed by atoms with Crippen LogP contribution < -0.4 is 21.3 Å². The molecule has 2 saturated heterocycles. The summed E-state index contributed by atoms with van der Waals surface area (Å²) in [6.45, 7) is 7.75. The Labute approximate surface area is 230 Å². The lowest BCUT2D eigenvalue weighted by Gasteiger charge is -2.37. The van der Waals surface area contributed by atoms with E-state index in [1.54, 1.807) is 0 Å². The summed E-state index contributed by atoms with van der Waals surface area (Å²) in [7, 11) is 0. The van der Waals surface area contributed by atoms with Crippen LogP contribution in [0.1, 0.15) is 12.0 Å². The van der Waals surface area contributed by atoms with Gasteiger partial charge in [-0.3, -0.25) is 0 Å². The normalized spacial score (nSPS) is 15.9. The zero-order valence-corrected chi connectivity index (χ0v) is 22.5. The molecule has 9 heteroatoms. The lowest BCUT2D eigenvalue weighted by Crippen LogP contribution is -2.48. The third kappa shape index (κ3) is 6.61. The standard InChI is InChI=1S/C30H39N7O2/c31-10-4-12-37(30(38)36-17-19-39-20-18-36)23-24-5-3-6-25(21-24)26-8-9-28(27(32)22-26)34-13-15-35(16-14-34)29-7-1-2-11-33-29/h1-3,5-9,11,21-22H,4,10,12-20,23,31-32H2. The van der Waals surface area contributed by atoms with Crippen molar-refractivity contribution in [3.63, 3.8) is 0 Å². The summed E-state index contributed by atoms with van der Waals surface area (Å²) in [4.78, 5) is 26.1. The van der Waals surface area contributed by atoms with Crippen molar-refractivity contribution in [2.45, 2.75) is 13.0 Å². The Morgan fingerprint density at radius 1 is 0.897 bits per heavy atom. The lowest BCUT2D eigenvalue weighted by atomic mass is 10.0. The quantitative estimate of drug-likeness (QED) is 0.432. The maximum absolute atomic E-state index is 13.2. The molecule has 0 aliphatic carbocycles. The fourth-order valence-electron chi connectivity index (χ4n) is 5.29. The van der Waals surface area contributed by atoms with Crippen molar-refractivity contribution in [2.24, 2.45) is 5.73 Å². The fourth-order valence-corrected chi connectivity index (χ4v) is 5.29. The number of anilines is 3. The van der Waals surface area contributed by atoms with E-state index >= 15 is 0 Å². The molecule has 3 aromatic rings. The van der Waals surface area contributed by atoms with Crippen LogP contribution in [0.3, 0.4) is 0 Å². The molecule has 2 fully saturated rings. The predicted octanol–water partition coefficient (Wildman–Crippen LogP) is 3.26. The molecule has 0 radical (unpaired) electrons. The van der Waals surface area contributed by atoms with Crippen LogP contribution in [0, 0.1) is 0 Å². The number of piperazine rings is 1. The maximum Gasteiger partial charge on any atom is 0.320 e. The first-order valence-corrected chi connectivity index (χ1v) is 13.8. The molecule has 0 bridgehead atoms. The van der Waals surface area contributed by atoms with Gasteiger partial charge < -0.3 is 35.8 Å². The van der Waals surface area contributed by atoms with Crippen LogP contribution in [0.2, 0.25) is 0 Å². The van der Waals surface area contributed by atoms with E-state index in [9.17, 15) is 4.79 Å². The maximum atomic E-state index is 13.2. The van der Waals surface area contributed by atoms with Gasteiger partial charge in [0.1, 0.15) is 5.82 Å². The predicted molar refractivity (Wildman–Crippen MR) is 157 cm³/mol. The minimum absolute atomic E-state index is 0.0499. The molecule has 0 spiro atoms. The van der Waals surface area contributed by atoms with Crippen molar-refractivity contribution in [2.75, 3.05) is 81.1 Å². The average molecular weight is 530 g/mol. The van der Waals surface area contributed by atoms with Gasteiger partial charge in [-0.05, 0) is 60.0 Å². The van der Waals surface area contributed by atoms with Gasteiger partial charge in [-0.2, -0.15) is 0 Å². The lowest BCUT2D eigenvalue weighted by molar-refractivity contribution is 0.0425. The van der Waals surface area contributed by atoms with E-state index in [0.717, 1.165) is 66.5 Å². The molecule has 2 amide bonds. The molecule has 2 aliphatic heterocycles. The van der Waals surface area contributed by atoms with Gasteiger partial charge in [0, 0.05) is 58.6 Å². The van der Waals surface area contributed by atoms with Crippen molar-refractivity contribution in [3.05, 3.63) is 72.4 Å². The summed E-state index contributed by atoms with van der Waals surface area (Å²) in [5, 5.41) is 0. The van der Waals surface area contributed by atoms with E-state index in [0.29, 0.717) is 45.9 Å². The SMILES string of the molecule is NCCCN(Cc1cccc(-c2ccc(N3CCN(c4ccccn4)CC3)c(N)c2)c1)C(=O)N1CCOCC1. The van der Waals surface area contributed by atoms with Crippen LogP contribution in [0.15, 0.2) is 66.9 Å². The number of nitrogens with two attached hydrogens (primary N) is 2. The number of amides is 2. The number of aromatic nitrogens is 1. The molecule has 39 heavy (non-hydrogen) atoms. The molecule has 206 valence electrons. The molecule has 4 N–H and O–H groups in total. The molecule has 2 aromatic carbocycles. The van der Waals surface area contributed by atoms with E-state index in [-0.39, 0.29) is 6.03 Å². The summed E-state index contributed by atoms with van der Waals surface area (Å²) in [6.07, 6.45) is 2.61. The second-order valence-electron chi connectivity index (χ2n) is 10.1. The van der Waals surface area contributed by atoms with Crippen LogP contribution >= 0.6 is 0 Å². The average Bonchev–Trinajstić information content (AvgIpc) is 3.00. The number of benzene rings is 2. The molecule has 5 rings (SSSR count). The molecule has 0 unspecified atom stereocenters. The highest BCUT2D eigenvalue weighted by Crippen LogP contribution is 2.31. The zero-order valence-electron chi connectivity index (χ0n) is 22.5. The number of morpholine rings is 1. The number of pyridine rings is 1. The second-order valence-corrected chi connectivity index (χ2v) is 10.1. The highest BCUT2D eigenvalue weighted by Gasteiger charge is 2.23. The van der Waals surface area contributed by atoms with Crippen molar-refractivity contribution < 1.29 is 9.53 Å². The van der Waals surface area contributed by atoms with Gasteiger partial charge >= 0.3 is 6.03 Å². The summed E-state index contributed by atoms with van der Waals surface area (Å²) in [5.74, 6) is 1.02. The van der Waals surface area contributed by atoms with Crippen molar-refractivity contribution >= 4 is 23.2 Å². The van der Waals surface area contributed by atoms with Crippen LogP contribution in [0.25, 0.3) is 11.1 Å². The van der Waals surface area contributed by atoms with Gasteiger partial charge in [0.05, 0.1) is 24.6 Å². The highest BCUT2D eigenvalue weighted by atomic mass is 16.5. The second kappa shape index (κ2) is 12.8. The summed E-state index contributed by atoms with van der Waals surface area (Å²) in [5.41, 5.74) is 17.4. The topological polar surface area (TPSA) is 104 Å². The number of hydrogen-bond acceptors (Lipinski definition) is 7. The molecule has 0 atom stereocenters. The molecule has 0 saturated carbocycles. The van der Waals surface area contributed by atoms with Gasteiger partial charge in [-0.1, -0.05) is 30.3 Å². The number of nitrogen functional groups attached to an aromatic ring is 1. The van der Waals surface area contributed by atoms with E-state index in [1.165, 1.54) is 0 Å². The smallest absolute Gasteiger partial charge is 0.320 e. The first-order valence-electron chi connectivity index (χ1n) is 13.8. The number of carbonyl (C=O) groups is 1. The van der Waals surface area contributed by atoms with Gasteiger partial charge in [0.15, 0.2) is 0 Å².